The number of ketones is 1. The summed E-state index contributed by atoms with van der Waals surface area (Å²) in [6, 6.07) is 43.4. The van der Waals surface area contributed by atoms with E-state index in [1.165, 1.54) is 204 Å². The van der Waals surface area contributed by atoms with Crippen LogP contribution in [0.2, 0.25) is 0 Å². The third kappa shape index (κ3) is 35.9. The molecule has 0 radical (unpaired) electrons. The van der Waals surface area contributed by atoms with Crippen molar-refractivity contribution >= 4 is 69.4 Å². The van der Waals surface area contributed by atoms with Gasteiger partial charge in [0.05, 0.1) is 12.8 Å². The number of rotatable bonds is 33. The smallest absolute Gasteiger partial charge is 0.227 e. The highest BCUT2D eigenvalue weighted by molar-refractivity contribution is 5.87. The summed E-state index contributed by atoms with van der Waals surface area (Å²) in [5.74, 6) is 6.64. The zero-order valence-corrected chi connectivity index (χ0v) is 95.5. The first-order chi connectivity index (χ1) is 69.2. The molecule has 5 amide bonds. The average Bonchev–Trinajstić information content (AvgIpc) is 1.76. The molecule has 0 bridgehead atoms. The number of benzene rings is 6. The van der Waals surface area contributed by atoms with Crippen LogP contribution < -0.4 is 45.3 Å². The van der Waals surface area contributed by atoms with Crippen LogP contribution in [0.3, 0.4) is 0 Å². The molecular weight excluding hydrogens is 1800 g/mol. The van der Waals surface area contributed by atoms with Crippen LogP contribution in [0.5, 0.6) is 0 Å². The Labute approximate surface area is 880 Å². The number of likely N-dealkylation sites (N-methyl/N-ethyl adjacent to an activating group) is 1. The van der Waals surface area contributed by atoms with E-state index in [0.717, 1.165) is 136 Å². The number of amides is 5. The van der Waals surface area contributed by atoms with Crippen molar-refractivity contribution in [2.24, 2.45) is 23.7 Å². The molecule has 804 valence electrons. The predicted octanol–water partition coefficient (Wildman–Crippen LogP) is 22.6. The Hall–Kier alpha value is -9.02. The largest absolute Gasteiger partial charge is 0.371 e. The summed E-state index contributed by atoms with van der Waals surface area (Å²) in [7, 11) is 21.1. The minimum Gasteiger partial charge on any atom is -0.371 e. The van der Waals surface area contributed by atoms with Gasteiger partial charge in [-0.05, 0) is 316 Å². The first-order valence-electron chi connectivity index (χ1n) is 56.9. The SMILES string of the molecule is CC(=O)NCc1cc(C(C)C)ccc1N1CCC(N(C)C)CC1.CC(C)c1ccc(N2CCC(N(C)C)CC2)c(CC(=O)C2CC2)c1.CC(C)c1ccc(N2CCC(N(C)C)CC2)c(CC(=O)N2CCC2)c1.CC(C)c1ccc(N2CCC(N(C)C)CC2)c(CNC(=O)C2CCCC2)c1.CCC(=O)NCc1cc(C(C)C)ccc1N1CCC(CC)CC1.CCC1CCN(c2ccc(C(C)C)cc2CC(=O)N(C)C)CC1. The normalized spacial score (nSPS) is 17.7. The fraction of sp³-hybridized carbons (Fsp3) is 0.661. The molecule has 3 N–H and O–H groups in total. The number of anilines is 6. The van der Waals surface area contributed by atoms with Gasteiger partial charge in [-0.3, -0.25) is 28.8 Å². The van der Waals surface area contributed by atoms with Crippen molar-refractivity contribution in [1.82, 2.24) is 45.3 Å². The van der Waals surface area contributed by atoms with Gasteiger partial charge in [0.25, 0.3) is 0 Å². The van der Waals surface area contributed by atoms with E-state index >= 15 is 0 Å². The van der Waals surface area contributed by atoms with Crippen LogP contribution in [-0.2, 0) is 67.7 Å². The van der Waals surface area contributed by atoms with E-state index in [1.807, 2.05) is 25.9 Å². The van der Waals surface area contributed by atoms with E-state index in [4.69, 9.17) is 0 Å². The molecule has 6 aromatic carbocycles. The monoisotopic (exact) mass is 1990 g/mol. The molecule has 15 rings (SSSR count). The Kier molecular flexibility index (Phi) is 47.3. The number of Topliss-reactive ketones (excluding diaryl/α,β-unsaturated/α-hetero) is 1. The standard InChI is InChI=1S/C23H37N3O.C21H33N3O.C21H32N2O.2C20H32N2O.C19H31N3O/c1-17(2)19-9-10-22(26-13-11-21(12-14-26)25(3)4)20(15-19)16-24-23(27)18-7-5-6-8-18;1-16(2)17-6-7-20(23-12-8-19(9-13-23)22(3)4)18(14-17)15-21(25)24-10-5-11-24;1-15(2)17-7-8-20(18(13-17)14-21(24)16-5-6-16)23-11-9-19(10-12-23)22(3)4;1-6-16-9-11-22(12-10-16)19-8-7-17(15(2)3)13-18(19)14-20(23)21(4)5;1-5-16-9-11-22(12-10-16)19-8-7-17(15(3)4)13-18(19)14-21-20(23)6-2;1-14(2)16-6-7-19(17(12-16)13-20-15(3)23)22-10-8-18(9-11-22)21(4)5/h9-10,15,17-18,21H,5-8,11-14,16H2,1-4H3,(H,24,27);6-7,14,16,19H,5,8-13,15H2,1-4H3;7-8,13,15-16,19H,5-6,9-12,14H2,1-4H3;7-8,13,15-16H,6,9-12,14H2,1-5H3;7-8,13,15-16H,5-6,9-12,14H2,1-4H3,(H,21,23);6-7,12,14,18H,8-11,13H2,1-5H3,(H,20,23). The van der Waals surface area contributed by atoms with Crippen LogP contribution in [0.4, 0.5) is 34.1 Å². The van der Waals surface area contributed by atoms with Crippen molar-refractivity contribution in [3.05, 3.63) is 176 Å². The lowest BCUT2D eigenvalue weighted by atomic mass is 9.92. The van der Waals surface area contributed by atoms with E-state index in [2.05, 4.69) is 327 Å². The molecule has 0 atom stereocenters. The molecular formula is C124H197N15O6. The predicted molar refractivity (Wildman–Crippen MR) is 612 cm³/mol. The third-order valence-corrected chi connectivity index (χ3v) is 33.1. The van der Waals surface area contributed by atoms with Crippen molar-refractivity contribution < 1.29 is 28.8 Å². The van der Waals surface area contributed by atoms with Gasteiger partial charge in [-0.25, -0.2) is 0 Å². The summed E-state index contributed by atoms with van der Waals surface area (Å²) in [6.45, 7) is 51.6. The van der Waals surface area contributed by atoms with Gasteiger partial charge in [0.15, 0.2) is 0 Å². The van der Waals surface area contributed by atoms with Crippen LogP contribution in [0.1, 0.15) is 354 Å². The Bertz CT molecular complexity index is 4970. The minimum absolute atomic E-state index is 0.0252. The van der Waals surface area contributed by atoms with Crippen molar-refractivity contribution in [2.45, 2.75) is 351 Å². The van der Waals surface area contributed by atoms with Crippen LogP contribution in [0.15, 0.2) is 109 Å². The van der Waals surface area contributed by atoms with Gasteiger partial charge in [0, 0.05) is 215 Å². The summed E-state index contributed by atoms with van der Waals surface area (Å²) in [4.78, 5) is 101. The molecule has 0 spiro atoms. The highest BCUT2D eigenvalue weighted by atomic mass is 16.2. The lowest BCUT2D eigenvalue weighted by Gasteiger charge is -2.38. The molecule has 21 heteroatoms. The van der Waals surface area contributed by atoms with Crippen molar-refractivity contribution in [1.29, 1.82) is 0 Å². The highest BCUT2D eigenvalue weighted by Gasteiger charge is 2.35. The molecule has 6 aromatic rings. The second-order valence-electron chi connectivity index (χ2n) is 46.7. The van der Waals surface area contributed by atoms with Gasteiger partial charge < -0.3 is 74.7 Å². The van der Waals surface area contributed by atoms with E-state index in [0.29, 0.717) is 117 Å². The van der Waals surface area contributed by atoms with E-state index in [1.54, 1.807) is 11.8 Å². The first-order valence-corrected chi connectivity index (χ1v) is 56.9. The molecule has 7 heterocycles. The van der Waals surface area contributed by atoms with Gasteiger partial charge in [-0.1, -0.05) is 202 Å². The van der Waals surface area contributed by atoms with Crippen LogP contribution in [-0.4, -0.2) is 251 Å². The maximum Gasteiger partial charge on any atom is 0.227 e. The summed E-state index contributed by atoms with van der Waals surface area (Å²) >= 11 is 0. The molecule has 9 aliphatic rings. The molecule has 145 heavy (non-hydrogen) atoms. The van der Waals surface area contributed by atoms with Gasteiger partial charge in [0.1, 0.15) is 5.78 Å². The molecule has 9 fully saturated rings. The van der Waals surface area contributed by atoms with E-state index < -0.39 is 0 Å². The number of piperidine rings is 6. The zero-order valence-electron chi connectivity index (χ0n) is 95.5. The van der Waals surface area contributed by atoms with Gasteiger partial charge >= 0.3 is 0 Å². The molecule has 21 nitrogen and oxygen atoms in total. The van der Waals surface area contributed by atoms with Crippen molar-refractivity contribution in [3.8, 4) is 0 Å². The van der Waals surface area contributed by atoms with Crippen LogP contribution in [0, 0.1) is 23.7 Å². The van der Waals surface area contributed by atoms with Gasteiger partial charge in [-0.15, -0.1) is 0 Å². The second kappa shape index (κ2) is 58.2. The second-order valence-corrected chi connectivity index (χ2v) is 46.7. The molecule has 2 saturated carbocycles. The summed E-state index contributed by atoms with van der Waals surface area (Å²) in [5.41, 5.74) is 23.2. The highest BCUT2D eigenvalue weighted by Crippen LogP contribution is 2.40. The topological polar surface area (TPSA) is 177 Å². The summed E-state index contributed by atoms with van der Waals surface area (Å²) in [6.07, 6.45) is 27.3. The van der Waals surface area contributed by atoms with Crippen LogP contribution >= 0.6 is 0 Å². The number of nitrogens with zero attached hydrogens (tertiary/aromatic N) is 12. The van der Waals surface area contributed by atoms with Crippen LogP contribution in [0.25, 0.3) is 0 Å². The Balaban J connectivity index is 0.000000179. The maximum absolute atomic E-state index is 12.6. The Morgan fingerprint density at radius 1 is 0.303 bits per heavy atom. The molecule has 2 aliphatic carbocycles. The zero-order chi connectivity index (χ0) is 105. The fourth-order valence-corrected chi connectivity index (χ4v) is 22.1. The number of carbonyl (C=O) groups is 6. The lowest BCUT2D eigenvalue weighted by molar-refractivity contribution is -0.134. The Morgan fingerprint density at radius 3 is 0.828 bits per heavy atom. The number of hydrogen-bond donors (Lipinski definition) is 3. The maximum atomic E-state index is 12.6. The first kappa shape index (κ1) is 118. The third-order valence-electron chi connectivity index (χ3n) is 33.1. The number of carbonyl (C=O) groups excluding carboxylic acids is 6. The van der Waals surface area contributed by atoms with Crippen molar-refractivity contribution in [3.63, 3.8) is 0 Å². The summed E-state index contributed by atoms with van der Waals surface area (Å²) in [5, 5.41) is 9.25. The van der Waals surface area contributed by atoms with Gasteiger partial charge in [0.2, 0.25) is 29.5 Å². The molecule has 0 aromatic heterocycles. The Morgan fingerprint density at radius 2 is 0.572 bits per heavy atom. The number of nitrogens with one attached hydrogen (secondary N) is 3. The lowest BCUT2D eigenvalue weighted by Crippen LogP contribution is -2.44. The van der Waals surface area contributed by atoms with Gasteiger partial charge in [-0.2, -0.15) is 0 Å². The fourth-order valence-electron chi connectivity index (χ4n) is 22.1. The number of hydrogen-bond acceptors (Lipinski definition) is 16. The molecule has 7 saturated heterocycles. The molecule has 0 unspecified atom stereocenters. The summed E-state index contributed by atoms with van der Waals surface area (Å²) < 4.78 is 0. The molecule has 7 aliphatic heterocycles. The average molecular weight is 1990 g/mol. The number of likely N-dealkylation sites (tertiary alicyclic amines) is 1. The van der Waals surface area contributed by atoms with E-state index in [9.17, 15) is 28.8 Å². The van der Waals surface area contributed by atoms with E-state index in [-0.39, 0.29) is 35.5 Å². The minimum atomic E-state index is 0.0252. The van der Waals surface area contributed by atoms with Crippen molar-refractivity contribution in [2.75, 3.05) is 192 Å². The quantitative estimate of drug-likeness (QED) is 0.0354.